The summed E-state index contributed by atoms with van der Waals surface area (Å²) in [6, 6.07) is 55.9. The van der Waals surface area contributed by atoms with E-state index in [-0.39, 0.29) is 0 Å². The standard InChI is InChI=1S/C36H59N.C32H51N.C28H43N/c1-3-5-7-9-11-13-15-17-19-21-27-33-29-23-25-31-35(33)37-36-32-26-24-30-34(36)28-22-20-18-16-14-12-10-8-6-4-2;1-3-5-7-9-11-12-13-14-16-23-29-33(31-26-19-17-20-27-31)32-28-22-21-25-30(32)24-18-15-10-8-6-4-2;1-3-5-7-9-11-13-19-25-21-15-17-23-27(25)29-28-24-18-16-22-26(28)20-14-12-10-8-6-4-2/h23-26,29-32,37H,3-22,27-28H2,1-2H3;17,19-22,25-28H,3-16,18,23-24,29H2,1-2H3;15-18,21-24,29H,3-14,19-20H2,1-2H3. The summed E-state index contributed by atoms with van der Waals surface area (Å²) in [5.74, 6) is 0. The molecular formula is C96H153N3. The number of hydrogen-bond donors (Lipinski definition) is 2. The number of aryl methyl sites for hydroxylation is 5. The fourth-order valence-corrected chi connectivity index (χ4v) is 14.4. The molecule has 0 aromatic heterocycles. The number of nitrogens with one attached hydrogen (secondary N) is 2. The average Bonchev–Trinajstić information content (AvgIpc) is 0.866. The fourth-order valence-electron chi connectivity index (χ4n) is 14.4. The summed E-state index contributed by atoms with van der Waals surface area (Å²) in [5.41, 5.74) is 15.3. The van der Waals surface area contributed by atoms with E-state index >= 15 is 0 Å². The minimum atomic E-state index is 1.12. The maximum atomic E-state index is 3.81. The molecule has 0 aliphatic carbocycles. The van der Waals surface area contributed by atoms with Gasteiger partial charge in [0.1, 0.15) is 0 Å². The molecule has 0 saturated carbocycles. The summed E-state index contributed by atoms with van der Waals surface area (Å²) in [6.45, 7) is 14.9. The Morgan fingerprint density at radius 1 is 0.192 bits per heavy atom. The van der Waals surface area contributed by atoms with Gasteiger partial charge in [-0.05, 0) is 141 Å². The third-order valence-electron chi connectivity index (χ3n) is 20.7. The predicted octanol–water partition coefficient (Wildman–Crippen LogP) is 32.2. The van der Waals surface area contributed by atoms with Crippen LogP contribution in [0.3, 0.4) is 0 Å². The summed E-state index contributed by atoms with van der Waals surface area (Å²) >= 11 is 0. The van der Waals surface area contributed by atoms with Crippen LogP contribution in [0, 0.1) is 0 Å². The summed E-state index contributed by atoms with van der Waals surface area (Å²) in [4.78, 5) is 2.58. The lowest BCUT2D eigenvalue weighted by atomic mass is 10.0. The molecule has 552 valence electrons. The third kappa shape index (κ3) is 42.7. The molecule has 0 unspecified atom stereocenters. The fraction of sp³-hybridized carbons (Fsp3) is 0.625. The van der Waals surface area contributed by atoms with E-state index in [4.69, 9.17) is 0 Å². The lowest BCUT2D eigenvalue weighted by Crippen LogP contribution is -2.20. The lowest BCUT2D eigenvalue weighted by molar-refractivity contribution is 0.556. The second-order valence-electron chi connectivity index (χ2n) is 29.6. The van der Waals surface area contributed by atoms with Crippen LogP contribution in [-0.4, -0.2) is 6.54 Å². The molecule has 0 radical (unpaired) electrons. The first kappa shape index (κ1) is 86.1. The van der Waals surface area contributed by atoms with Gasteiger partial charge in [0.05, 0.1) is 0 Å². The number of para-hydroxylation sites is 6. The van der Waals surface area contributed by atoms with Crippen LogP contribution >= 0.6 is 0 Å². The van der Waals surface area contributed by atoms with Crippen molar-refractivity contribution in [3.05, 3.63) is 179 Å². The van der Waals surface area contributed by atoms with Crippen LogP contribution in [-0.2, 0) is 32.1 Å². The Kier molecular flexibility index (Phi) is 54.4. The number of rotatable bonds is 60. The molecule has 3 heteroatoms. The van der Waals surface area contributed by atoms with E-state index in [0.717, 1.165) is 6.54 Å². The maximum absolute atomic E-state index is 3.81. The molecule has 2 N–H and O–H groups in total. The van der Waals surface area contributed by atoms with Gasteiger partial charge in [-0.2, -0.15) is 0 Å². The first-order chi connectivity index (χ1) is 49.1. The average molecular weight is 1350 g/mol. The molecule has 6 aromatic rings. The Bertz CT molecular complexity index is 2600. The highest BCUT2D eigenvalue weighted by atomic mass is 15.1. The zero-order valence-corrected chi connectivity index (χ0v) is 65.6. The number of benzene rings is 6. The topological polar surface area (TPSA) is 27.3 Å². The van der Waals surface area contributed by atoms with Crippen LogP contribution < -0.4 is 15.5 Å². The van der Waals surface area contributed by atoms with Crippen molar-refractivity contribution in [2.24, 2.45) is 0 Å². The van der Waals surface area contributed by atoms with Crippen molar-refractivity contribution < 1.29 is 0 Å². The minimum Gasteiger partial charge on any atom is -0.355 e. The molecule has 99 heavy (non-hydrogen) atoms. The van der Waals surface area contributed by atoms with Crippen molar-refractivity contribution in [2.75, 3.05) is 22.1 Å². The zero-order valence-electron chi connectivity index (χ0n) is 65.6. The van der Waals surface area contributed by atoms with Gasteiger partial charge >= 0.3 is 0 Å². The summed E-state index contributed by atoms with van der Waals surface area (Å²) in [6.07, 6.45) is 72.1. The molecule has 0 saturated heterocycles. The normalized spacial score (nSPS) is 11.1. The van der Waals surface area contributed by atoms with Gasteiger partial charge in [0.25, 0.3) is 0 Å². The summed E-state index contributed by atoms with van der Waals surface area (Å²) in [7, 11) is 0. The molecule has 6 aromatic carbocycles. The van der Waals surface area contributed by atoms with Crippen LogP contribution in [0.4, 0.5) is 34.1 Å². The van der Waals surface area contributed by atoms with Crippen molar-refractivity contribution in [1.29, 1.82) is 0 Å². The van der Waals surface area contributed by atoms with Gasteiger partial charge in [-0.1, -0.05) is 420 Å². The van der Waals surface area contributed by atoms with E-state index in [0.29, 0.717) is 0 Å². The molecule has 0 bridgehead atoms. The lowest BCUT2D eigenvalue weighted by Gasteiger charge is -2.27. The molecule has 3 nitrogen and oxygen atoms in total. The summed E-state index contributed by atoms with van der Waals surface area (Å²) in [5, 5.41) is 7.58. The third-order valence-corrected chi connectivity index (χ3v) is 20.7. The van der Waals surface area contributed by atoms with E-state index in [1.165, 1.54) is 402 Å². The predicted molar refractivity (Wildman–Crippen MR) is 446 cm³/mol. The van der Waals surface area contributed by atoms with Gasteiger partial charge in [-0.15, -0.1) is 0 Å². The smallest absolute Gasteiger partial charge is 0.0443 e. The van der Waals surface area contributed by atoms with Gasteiger partial charge < -0.3 is 15.5 Å². The van der Waals surface area contributed by atoms with Crippen LogP contribution in [0.1, 0.15) is 378 Å². The van der Waals surface area contributed by atoms with Gasteiger partial charge in [-0.25, -0.2) is 0 Å². The molecule has 0 aliphatic heterocycles. The van der Waals surface area contributed by atoms with E-state index in [9.17, 15) is 0 Å². The molecule has 0 amide bonds. The van der Waals surface area contributed by atoms with Crippen molar-refractivity contribution >= 4 is 34.1 Å². The second-order valence-corrected chi connectivity index (χ2v) is 29.6. The first-order valence-electron chi connectivity index (χ1n) is 42.8. The number of nitrogens with zero attached hydrogens (tertiary/aromatic N) is 1. The van der Waals surface area contributed by atoms with Crippen LogP contribution in [0.5, 0.6) is 0 Å². The van der Waals surface area contributed by atoms with E-state index < -0.39 is 0 Å². The van der Waals surface area contributed by atoms with Crippen molar-refractivity contribution in [1.82, 2.24) is 0 Å². The molecule has 0 spiro atoms. The van der Waals surface area contributed by atoms with Gasteiger partial charge in [0, 0.05) is 40.7 Å². The first-order valence-corrected chi connectivity index (χ1v) is 42.8. The SMILES string of the molecule is CCCCCCCCCCCCN(c1ccccc1)c1ccccc1CCCCCCCC.CCCCCCCCCCCCc1ccccc1Nc1ccccc1CCCCCCCCCCCC.CCCCCCCCc1ccccc1Nc1ccccc1CCCCCCCC. The molecule has 0 aliphatic rings. The number of unbranched alkanes of at least 4 members (excludes halogenated alkanes) is 42. The molecule has 6 rings (SSSR count). The van der Waals surface area contributed by atoms with Crippen molar-refractivity contribution in [3.63, 3.8) is 0 Å². The highest BCUT2D eigenvalue weighted by Gasteiger charge is 2.14. The Balaban J connectivity index is 0.000000318. The Morgan fingerprint density at radius 3 is 0.667 bits per heavy atom. The van der Waals surface area contributed by atoms with Gasteiger partial charge in [0.2, 0.25) is 0 Å². The molecule has 0 fully saturated rings. The quantitative estimate of drug-likeness (QED) is 0.0373. The maximum Gasteiger partial charge on any atom is 0.0443 e. The Morgan fingerprint density at radius 2 is 0.394 bits per heavy atom. The second kappa shape index (κ2) is 62.5. The zero-order chi connectivity index (χ0) is 70.2. The molecular weight excluding hydrogens is 1200 g/mol. The van der Waals surface area contributed by atoms with Crippen LogP contribution in [0.15, 0.2) is 152 Å². The Labute approximate surface area is 613 Å². The largest absolute Gasteiger partial charge is 0.355 e. The minimum absolute atomic E-state index is 1.12. The highest BCUT2D eigenvalue weighted by Crippen LogP contribution is 2.33. The van der Waals surface area contributed by atoms with Crippen LogP contribution in [0.25, 0.3) is 0 Å². The van der Waals surface area contributed by atoms with E-state index in [2.05, 4.69) is 209 Å². The summed E-state index contributed by atoms with van der Waals surface area (Å²) < 4.78 is 0. The van der Waals surface area contributed by atoms with Gasteiger partial charge in [-0.3, -0.25) is 0 Å². The monoisotopic (exact) mass is 1350 g/mol. The highest BCUT2D eigenvalue weighted by molar-refractivity contribution is 5.68. The number of anilines is 6. The van der Waals surface area contributed by atoms with Crippen molar-refractivity contribution in [3.8, 4) is 0 Å². The number of hydrogen-bond acceptors (Lipinski definition) is 3. The molecule has 0 heterocycles. The van der Waals surface area contributed by atoms with E-state index in [1.807, 2.05) is 0 Å². The van der Waals surface area contributed by atoms with E-state index in [1.54, 1.807) is 0 Å². The van der Waals surface area contributed by atoms with Crippen LogP contribution in [0.2, 0.25) is 0 Å². The molecule has 0 atom stereocenters. The van der Waals surface area contributed by atoms with Crippen molar-refractivity contribution in [2.45, 2.75) is 382 Å². The van der Waals surface area contributed by atoms with Gasteiger partial charge in [0.15, 0.2) is 0 Å². The Hall–Kier alpha value is -5.28.